The number of hydrogen-bond donors (Lipinski definition) is 2. The van der Waals surface area contributed by atoms with Crippen LogP contribution in [0.2, 0.25) is 5.02 Å². The fourth-order valence-corrected chi connectivity index (χ4v) is 1.92. The number of rotatable bonds is 3. The molecule has 18 heavy (non-hydrogen) atoms. The van der Waals surface area contributed by atoms with Crippen molar-refractivity contribution in [2.24, 2.45) is 16.7 Å². The van der Waals surface area contributed by atoms with E-state index in [9.17, 15) is 0 Å². The Morgan fingerprint density at radius 1 is 1.44 bits per heavy atom. The highest BCUT2D eigenvalue weighted by Gasteiger charge is 2.11. The molecule has 0 radical (unpaired) electrons. The van der Waals surface area contributed by atoms with E-state index in [-0.39, 0.29) is 5.17 Å². The summed E-state index contributed by atoms with van der Waals surface area (Å²) >= 11 is 7.25. The third-order valence-electron chi connectivity index (χ3n) is 2.05. The summed E-state index contributed by atoms with van der Waals surface area (Å²) < 4.78 is 5.08. The molecule has 0 aliphatic carbocycles. The van der Waals surface area contributed by atoms with Crippen LogP contribution in [0.1, 0.15) is 5.89 Å². The first kappa shape index (κ1) is 12.7. The Kier molecular flexibility index (Phi) is 4.06. The molecule has 0 saturated carbocycles. The predicted molar refractivity (Wildman–Crippen MR) is 71.8 cm³/mol. The highest BCUT2D eigenvalue weighted by molar-refractivity contribution is 8.13. The van der Waals surface area contributed by atoms with Gasteiger partial charge in [-0.1, -0.05) is 40.7 Å². The minimum atomic E-state index is 0.257. The molecule has 0 spiro atoms. The quantitative estimate of drug-likeness (QED) is 0.385. The molecule has 0 unspecified atom stereocenters. The molecule has 2 aromatic rings. The molecular formula is C10H10ClN5OS. The second kappa shape index (κ2) is 5.74. The van der Waals surface area contributed by atoms with E-state index in [1.807, 2.05) is 18.2 Å². The van der Waals surface area contributed by atoms with Gasteiger partial charge < -0.3 is 16.1 Å². The molecule has 0 aliphatic rings. The number of halogens is 1. The second-order valence-electron chi connectivity index (χ2n) is 3.25. The molecule has 0 fully saturated rings. The topological polar surface area (TPSA) is 103 Å². The lowest BCUT2D eigenvalue weighted by Gasteiger charge is -1.96. The van der Waals surface area contributed by atoms with E-state index in [1.54, 1.807) is 6.07 Å². The molecule has 1 aromatic heterocycles. The number of amidine groups is 1. The van der Waals surface area contributed by atoms with Crippen molar-refractivity contribution in [2.45, 2.75) is 5.75 Å². The number of hydrogen-bond acceptors (Lipinski definition) is 6. The van der Waals surface area contributed by atoms with Crippen molar-refractivity contribution in [1.29, 1.82) is 0 Å². The summed E-state index contributed by atoms with van der Waals surface area (Å²) in [5.41, 5.74) is 6.16. The SMILES string of the molecule is NN=C(N)SCc1nc(-c2ccccc2Cl)no1. The van der Waals surface area contributed by atoms with Gasteiger partial charge in [0.1, 0.15) is 0 Å². The van der Waals surface area contributed by atoms with Gasteiger partial charge in [-0.25, -0.2) is 0 Å². The van der Waals surface area contributed by atoms with E-state index >= 15 is 0 Å². The molecule has 2 rings (SSSR count). The number of nitrogens with two attached hydrogens (primary N) is 2. The van der Waals surface area contributed by atoms with Crippen molar-refractivity contribution in [3.8, 4) is 11.4 Å². The largest absolute Gasteiger partial charge is 0.377 e. The molecule has 6 nitrogen and oxygen atoms in total. The van der Waals surface area contributed by atoms with Gasteiger partial charge in [0.2, 0.25) is 11.7 Å². The van der Waals surface area contributed by atoms with Crippen molar-refractivity contribution in [3.63, 3.8) is 0 Å². The zero-order valence-corrected chi connectivity index (χ0v) is 10.8. The Bertz CT molecular complexity index is 571. The van der Waals surface area contributed by atoms with E-state index in [0.717, 1.165) is 5.56 Å². The highest BCUT2D eigenvalue weighted by Crippen LogP contribution is 2.25. The average Bonchev–Trinajstić information content (AvgIpc) is 2.85. The van der Waals surface area contributed by atoms with Gasteiger partial charge in [0, 0.05) is 5.56 Å². The number of aromatic nitrogens is 2. The molecule has 1 heterocycles. The fraction of sp³-hybridized carbons (Fsp3) is 0.100. The fourth-order valence-electron chi connectivity index (χ4n) is 1.24. The van der Waals surface area contributed by atoms with Crippen molar-refractivity contribution >= 4 is 28.5 Å². The van der Waals surface area contributed by atoms with Crippen LogP contribution in [0.4, 0.5) is 0 Å². The summed E-state index contributed by atoms with van der Waals surface area (Å²) in [4.78, 5) is 4.21. The summed E-state index contributed by atoms with van der Waals surface area (Å²) in [7, 11) is 0. The maximum Gasteiger partial charge on any atom is 0.237 e. The Hall–Kier alpha value is -1.73. The van der Waals surface area contributed by atoms with Crippen LogP contribution in [-0.2, 0) is 5.75 Å². The number of nitrogens with zero attached hydrogens (tertiary/aromatic N) is 3. The minimum Gasteiger partial charge on any atom is -0.377 e. The lowest BCUT2D eigenvalue weighted by Crippen LogP contribution is -2.09. The highest BCUT2D eigenvalue weighted by atomic mass is 35.5. The van der Waals surface area contributed by atoms with Crippen LogP contribution in [0.25, 0.3) is 11.4 Å². The maximum absolute atomic E-state index is 6.04. The van der Waals surface area contributed by atoms with E-state index in [4.69, 9.17) is 27.7 Å². The number of thioether (sulfide) groups is 1. The lowest BCUT2D eigenvalue weighted by atomic mass is 10.2. The van der Waals surface area contributed by atoms with E-state index in [1.165, 1.54) is 11.8 Å². The van der Waals surface area contributed by atoms with Crippen LogP contribution in [0.3, 0.4) is 0 Å². The third kappa shape index (κ3) is 2.93. The number of hydrazone groups is 1. The predicted octanol–water partition coefficient (Wildman–Crippen LogP) is 1.81. The first-order valence-electron chi connectivity index (χ1n) is 4.94. The minimum absolute atomic E-state index is 0.257. The van der Waals surface area contributed by atoms with Gasteiger partial charge in [-0.3, -0.25) is 0 Å². The van der Waals surface area contributed by atoms with Gasteiger partial charge in [0.05, 0.1) is 10.8 Å². The maximum atomic E-state index is 6.04. The molecule has 0 bridgehead atoms. The smallest absolute Gasteiger partial charge is 0.237 e. The van der Waals surface area contributed by atoms with Gasteiger partial charge in [-0.05, 0) is 12.1 Å². The third-order valence-corrected chi connectivity index (χ3v) is 3.18. The van der Waals surface area contributed by atoms with Crippen LogP contribution in [0.5, 0.6) is 0 Å². The van der Waals surface area contributed by atoms with Gasteiger partial charge in [0.15, 0.2) is 5.17 Å². The van der Waals surface area contributed by atoms with Gasteiger partial charge in [-0.2, -0.15) is 10.1 Å². The second-order valence-corrected chi connectivity index (χ2v) is 4.65. The van der Waals surface area contributed by atoms with E-state index in [2.05, 4.69) is 15.2 Å². The van der Waals surface area contributed by atoms with Gasteiger partial charge >= 0.3 is 0 Å². The Labute approximate surface area is 112 Å². The van der Waals surface area contributed by atoms with Gasteiger partial charge in [0.25, 0.3) is 0 Å². The monoisotopic (exact) mass is 283 g/mol. The average molecular weight is 284 g/mol. The summed E-state index contributed by atoms with van der Waals surface area (Å²) in [6, 6.07) is 7.27. The summed E-state index contributed by atoms with van der Waals surface area (Å²) in [5, 5.41) is 8.01. The Morgan fingerprint density at radius 3 is 2.94 bits per heavy atom. The first-order chi connectivity index (χ1) is 8.70. The molecule has 4 N–H and O–H groups in total. The van der Waals surface area contributed by atoms with E-state index < -0.39 is 0 Å². The van der Waals surface area contributed by atoms with Crippen molar-refractivity contribution in [1.82, 2.24) is 10.1 Å². The summed E-state index contributed by atoms with van der Waals surface area (Å²) in [6.07, 6.45) is 0. The molecule has 1 aromatic carbocycles. The van der Waals surface area contributed by atoms with Crippen molar-refractivity contribution in [2.75, 3.05) is 0 Å². The van der Waals surface area contributed by atoms with Crippen LogP contribution >= 0.6 is 23.4 Å². The molecule has 0 aliphatic heterocycles. The molecule has 0 saturated heterocycles. The van der Waals surface area contributed by atoms with Crippen LogP contribution < -0.4 is 11.6 Å². The van der Waals surface area contributed by atoms with Crippen LogP contribution in [0.15, 0.2) is 33.9 Å². The van der Waals surface area contributed by atoms with Crippen LogP contribution in [0, 0.1) is 0 Å². The zero-order chi connectivity index (χ0) is 13.0. The standard InChI is InChI=1S/C10H10ClN5OS/c11-7-4-2-1-3-6(7)9-14-8(17-16-9)5-18-10(12)15-13/h1-4H,5,13H2,(H2,12,15). The molecular weight excluding hydrogens is 274 g/mol. The molecule has 0 amide bonds. The molecule has 94 valence electrons. The molecule has 8 heteroatoms. The Balaban J connectivity index is 2.14. The van der Waals surface area contributed by atoms with Crippen LogP contribution in [-0.4, -0.2) is 15.3 Å². The van der Waals surface area contributed by atoms with Crippen molar-refractivity contribution in [3.05, 3.63) is 35.2 Å². The molecule has 0 atom stereocenters. The first-order valence-corrected chi connectivity index (χ1v) is 6.30. The normalized spacial score (nSPS) is 11.7. The summed E-state index contributed by atoms with van der Waals surface area (Å²) in [5.74, 6) is 6.29. The Morgan fingerprint density at radius 2 is 2.22 bits per heavy atom. The lowest BCUT2D eigenvalue weighted by molar-refractivity contribution is 0.392. The number of benzene rings is 1. The van der Waals surface area contributed by atoms with Gasteiger partial charge in [-0.15, -0.1) is 0 Å². The van der Waals surface area contributed by atoms with E-state index in [0.29, 0.717) is 22.5 Å². The van der Waals surface area contributed by atoms with Crippen molar-refractivity contribution < 1.29 is 4.52 Å². The zero-order valence-electron chi connectivity index (χ0n) is 9.21. The summed E-state index contributed by atoms with van der Waals surface area (Å²) in [6.45, 7) is 0.